The van der Waals surface area contributed by atoms with Gasteiger partial charge in [0.2, 0.25) is 0 Å². The first-order valence-electron chi connectivity index (χ1n) is 7.40. The number of hydrogen-bond acceptors (Lipinski definition) is 4. The predicted molar refractivity (Wildman–Crippen MR) is 85.2 cm³/mol. The lowest BCUT2D eigenvalue weighted by Crippen LogP contribution is -2.35. The predicted octanol–water partition coefficient (Wildman–Crippen LogP) is 3.11. The Hall–Kier alpha value is -2.04. The van der Waals surface area contributed by atoms with Crippen LogP contribution < -0.4 is 10.1 Å². The summed E-state index contributed by atoms with van der Waals surface area (Å²) >= 11 is 0. The van der Waals surface area contributed by atoms with Crippen LogP contribution >= 0.6 is 0 Å². The maximum absolute atomic E-state index is 11.8. The van der Waals surface area contributed by atoms with Crippen molar-refractivity contribution in [3.63, 3.8) is 0 Å². The number of Topliss-reactive ketones (excluding diaryl/α,β-unsaturated/α-hetero) is 1. The largest absolute Gasteiger partial charge is 0.491 e. The van der Waals surface area contributed by atoms with Gasteiger partial charge >= 0.3 is 6.09 Å². The Bertz CT molecular complexity index is 500. The number of benzene rings is 1. The van der Waals surface area contributed by atoms with Crippen LogP contribution in [0.3, 0.4) is 0 Å². The van der Waals surface area contributed by atoms with E-state index >= 15 is 0 Å². The van der Waals surface area contributed by atoms with Gasteiger partial charge in [-0.15, -0.1) is 0 Å². The number of nitrogens with one attached hydrogen (secondary N) is 1. The molecule has 0 saturated heterocycles. The summed E-state index contributed by atoms with van der Waals surface area (Å²) in [6, 6.07) is 7.37. The smallest absolute Gasteiger partial charge is 0.408 e. The first kappa shape index (κ1) is 18.0. The monoisotopic (exact) mass is 307 g/mol. The molecule has 0 aromatic heterocycles. The maximum atomic E-state index is 11.8. The van der Waals surface area contributed by atoms with Crippen LogP contribution in [0, 0.1) is 0 Å². The van der Waals surface area contributed by atoms with Gasteiger partial charge in [0.05, 0.1) is 12.6 Å². The summed E-state index contributed by atoms with van der Waals surface area (Å²) in [7, 11) is 0. The lowest BCUT2D eigenvalue weighted by Gasteiger charge is -2.19. The van der Waals surface area contributed by atoms with Gasteiger partial charge in [-0.05, 0) is 52.3 Å². The van der Waals surface area contributed by atoms with E-state index < -0.39 is 11.7 Å². The summed E-state index contributed by atoms with van der Waals surface area (Å²) in [6.07, 6.45) is -0.204. The Balaban J connectivity index is 2.40. The van der Waals surface area contributed by atoms with Crippen molar-refractivity contribution < 1.29 is 19.1 Å². The van der Waals surface area contributed by atoms with Gasteiger partial charge in [-0.3, -0.25) is 4.79 Å². The van der Waals surface area contributed by atoms with Crippen LogP contribution in [-0.2, 0) is 16.0 Å². The van der Waals surface area contributed by atoms with Crippen molar-refractivity contribution >= 4 is 11.9 Å². The normalized spacial score (nSPS) is 11.2. The summed E-state index contributed by atoms with van der Waals surface area (Å²) in [4.78, 5) is 23.3. The van der Waals surface area contributed by atoms with E-state index in [1.165, 1.54) is 0 Å². The number of ketones is 1. The highest BCUT2D eigenvalue weighted by Gasteiger charge is 2.16. The molecule has 0 aliphatic rings. The Morgan fingerprint density at radius 2 is 1.73 bits per heavy atom. The van der Waals surface area contributed by atoms with E-state index in [2.05, 4.69) is 5.32 Å². The van der Waals surface area contributed by atoms with Crippen molar-refractivity contribution in [3.05, 3.63) is 29.8 Å². The Labute approximate surface area is 132 Å². The summed E-state index contributed by atoms with van der Waals surface area (Å²) in [5.41, 5.74) is 0.312. The second-order valence-electron chi connectivity index (χ2n) is 6.38. The second-order valence-corrected chi connectivity index (χ2v) is 6.38. The van der Waals surface area contributed by atoms with Gasteiger partial charge in [0.15, 0.2) is 5.78 Å². The minimum atomic E-state index is -0.582. The number of amides is 1. The minimum absolute atomic E-state index is 0.0425. The molecule has 122 valence electrons. The van der Waals surface area contributed by atoms with Crippen LogP contribution in [0.2, 0.25) is 0 Å². The number of carbonyl (C=O) groups is 2. The van der Waals surface area contributed by atoms with E-state index in [-0.39, 0.29) is 24.9 Å². The first-order valence-corrected chi connectivity index (χ1v) is 7.40. The third-order valence-electron chi connectivity index (χ3n) is 2.53. The zero-order chi connectivity index (χ0) is 16.8. The molecule has 1 N–H and O–H groups in total. The molecule has 1 aromatic rings. The van der Waals surface area contributed by atoms with E-state index in [1.807, 2.05) is 38.1 Å². The molecule has 0 heterocycles. The molecule has 5 heteroatoms. The van der Waals surface area contributed by atoms with Crippen LogP contribution in [0.1, 0.15) is 40.2 Å². The Morgan fingerprint density at radius 3 is 2.23 bits per heavy atom. The number of ether oxygens (including phenoxy) is 2. The molecule has 0 aliphatic carbocycles. The average Bonchev–Trinajstić information content (AvgIpc) is 2.36. The molecular formula is C17H25NO4. The average molecular weight is 307 g/mol. The molecular weight excluding hydrogens is 282 g/mol. The highest BCUT2D eigenvalue weighted by molar-refractivity contribution is 5.85. The van der Waals surface area contributed by atoms with E-state index in [9.17, 15) is 9.59 Å². The summed E-state index contributed by atoms with van der Waals surface area (Å²) in [5, 5.41) is 2.46. The topological polar surface area (TPSA) is 64.6 Å². The van der Waals surface area contributed by atoms with E-state index in [1.54, 1.807) is 20.8 Å². The zero-order valence-corrected chi connectivity index (χ0v) is 13.9. The van der Waals surface area contributed by atoms with Crippen molar-refractivity contribution in [2.24, 2.45) is 0 Å². The third kappa shape index (κ3) is 7.67. The van der Waals surface area contributed by atoms with Crippen LogP contribution in [0.4, 0.5) is 4.79 Å². The highest BCUT2D eigenvalue weighted by atomic mass is 16.6. The van der Waals surface area contributed by atoms with Crippen LogP contribution in [-0.4, -0.2) is 30.1 Å². The van der Waals surface area contributed by atoms with Gasteiger partial charge in [-0.1, -0.05) is 12.1 Å². The van der Waals surface area contributed by atoms with Gasteiger partial charge in [0.1, 0.15) is 11.4 Å². The molecule has 0 radical (unpaired) electrons. The van der Waals surface area contributed by atoms with Crippen molar-refractivity contribution in [2.75, 3.05) is 6.54 Å². The summed E-state index contributed by atoms with van der Waals surface area (Å²) in [6.45, 7) is 9.19. The van der Waals surface area contributed by atoms with Gasteiger partial charge in [-0.2, -0.15) is 0 Å². The molecule has 1 amide bonds. The van der Waals surface area contributed by atoms with Crippen molar-refractivity contribution in [1.29, 1.82) is 0 Å². The molecule has 0 bridgehead atoms. The number of carbonyl (C=O) groups excluding carboxylic acids is 2. The fraction of sp³-hybridized carbons (Fsp3) is 0.529. The third-order valence-corrected chi connectivity index (χ3v) is 2.53. The molecule has 0 fully saturated rings. The maximum Gasteiger partial charge on any atom is 0.408 e. The molecule has 0 atom stereocenters. The van der Waals surface area contributed by atoms with Gasteiger partial charge in [0, 0.05) is 6.42 Å². The molecule has 5 nitrogen and oxygen atoms in total. The highest BCUT2D eigenvalue weighted by Crippen LogP contribution is 2.14. The zero-order valence-electron chi connectivity index (χ0n) is 13.9. The lowest BCUT2D eigenvalue weighted by molar-refractivity contribution is -0.117. The van der Waals surface area contributed by atoms with Crippen LogP contribution in [0.15, 0.2) is 24.3 Å². The second kappa shape index (κ2) is 7.82. The fourth-order valence-corrected chi connectivity index (χ4v) is 1.73. The van der Waals surface area contributed by atoms with Crippen LogP contribution in [0.5, 0.6) is 5.75 Å². The van der Waals surface area contributed by atoms with E-state index in [0.717, 1.165) is 11.3 Å². The number of alkyl carbamates (subject to hydrolysis) is 1. The summed E-state index contributed by atoms with van der Waals surface area (Å²) in [5.74, 6) is 0.696. The fourth-order valence-electron chi connectivity index (χ4n) is 1.73. The molecule has 0 spiro atoms. The van der Waals surface area contributed by atoms with Gasteiger partial charge < -0.3 is 14.8 Å². The van der Waals surface area contributed by atoms with Crippen molar-refractivity contribution in [1.82, 2.24) is 5.32 Å². The summed E-state index contributed by atoms with van der Waals surface area (Å²) < 4.78 is 10.6. The molecule has 1 aromatic carbocycles. The quantitative estimate of drug-likeness (QED) is 0.877. The Kier molecular flexibility index (Phi) is 6.40. The van der Waals surface area contributed by atoms with Crippen LogP contribution in [0.25, 0.3) is 0 Å². The molecule has 1 rings (SSSR count). The molecule has 0 unspecified atom stereocenters. The number of rotatable bonds is 6. The molecule has 0 saturated carbocycles. The lowest BCUT2D eigenvalue weighted by atomic mass is 10.1. The van der Waals surface area contributed by atoms with E-state index in [0.29, 0.717) is 0 Å². The van der Waals surface area contributed by atoms with Gasteiger partial charge in [-0.25, -0.2) is 4.79 Å². The Morgan fingerprint density at radius 1 is 1.14 bits per heavy atom. The minimum Gasteiger partial charge on any atom is -0.491 e. The molecule has 0 aliphatic heterocycles. The standard InChI is InChI=1S/C17H25NO4/c1-12(2)21-15-8-6-13(7-9-15)10-14(19)11-18-16(20)22-17(3,4)5/h6-9,12H,10-11H2,1-5H3,(H,18,20). The molecule has 22 heavy (non-hydrogen) atoms. The van der Waals surface area contributed by atoms with Crippen molar-refractivity contribution in [3.8, 4) is 5.75 Å². The van der Waals surface area contributed by atoms with Crippen molar-refractivity contribution in [2.45, 2.75) is 52.7 Å². The van der Waals surface area contributed by atoms with E-state index in [4.69, 9.17) is 9.47 Å². The van der Waals surface area contributed by atoms with Gasteiger partial charge in [0.25, 0.3) is 0 Å². The SMILES string of the molecule is CC(C)Oc1ccc(CC(=O)CNC(=O)OC(C)(C)C)cc1. The first-order chi connectivity index (χ1) is 10.2. The number of hydrogen-bond donors (Lipinski definition) is 1.